The number of hydrogen-bond donors (Lipinski definition) is 0. The highest BCUT2D eigenvalue weighted by molar-refractivity contribution is 5.86. The van der Waals surface area contributed by atoms with Gasteiger partial charge in [0.25, 0.3) is 0 Å². The summed E-state index contributed by atoms with van der Waals surface area (Å²) in [5.74, 6) is 0. The van der Waals surface area contributed by atoms with Gasteiger partial charge in [-0.15, -0.1) is 0 Å². The average Bonchev–Trinajstić information content (AvgIpc) is 2.81. The van der Waals surface area contributed by atoms with E-state index in [0.717, 1.165) is 46.0 Å². The number of aromatic nitrogens is 2. The van der Waals surface area contributed by atoms with E-state index in [1.807, 2.05) is 61.0 Å². The van der Waals surface area contributed by atoms with Gasteiger partial charge in [0.2, 0.25) is 0 Å². The molecule has 1 fully saturated rings. The quantitative estimate of drug-likeness (QED) is 0.423. The van der Waals surface area contributed by atoms with E-state index in [9.17, 15) is 0 Å². The summed E-state index contributed by atoms with van der Waals surface area (Å²) in [5.41, 5.74) is 3.81. The Morgan fingerprint density at radius 3 is 1.57 bits per heavy atom. The molecule has 5 rings (SSSR count). The molecule has 4 aromatic rings. The molecule has 0 aliphatic heterocycles. The van der Waals surface area contributed by atoms with Crippen LogP contribution in [0.2, 0.25) is 0 Å². The van der Waals surface area contributed by atoms with Crippen LogP contribution in [0.3, 0.4) is 0 Å². The summed E-state index contributed by atoms with van der Waals surface area (Å²) in [6, 6.07) is 25.0. The van der Waals surface area contributed by atoms with Gasteiger partial charge in [-0.2, -0.15) is 0 Å². The lowest BCUT2D eigenvalue weighted by Crippen LogP contribution is -2.27. The van der Waals surface area contributed by atoms with E-state index >= 15 is 0 Å². The van der Waals surface area contributed by atoms with E-state index in [1.54, 1.807) is 0 Å². The second-order valence-electron chi connectivity index (χ2n) is 7.83. The van der Waals surface area contributed by atoms with Crippen LogP contribution in [0.5, 0.6) is 0 Å². The van der Waals surface area contributed by atoms with Gasteiger partial charge in [0.05, 0.1) is 34.5 Å². The maximum Gasteiger partial charge on any atom is 0.0815 e. The van der Waals surface area contributed by atoms with Crippen molar-refractivity contribution in [2.24, 2.45) is 9.98 Å². The number of hydrogen-bond acceptors (Lipinski definition) is 4. The summed E-state index contributed by atoms with van der Waals surface area (Å²) in [7, 11) is 0. The normalized spacial score (nSPS) is 19.9. The molecule has 0 spiro atoms. The van der Waals surface area contributed by atoms with Crippen molar-refractivity contribution in [1.82, 2.24) is 9.97 Å². The van der Waals surface area contributed by atoms with Crippen molar-refractivity contribution < 1.29 is 0 Å². The first-order chi connectivity index (χ1) is 14.8. The van der Waals surface area contributed by atoms with Gasteiger partial charge in [0.15, 0.2) is 0 Å². The van der Waals surface area contributed by atoms with Gasteiger partial charge in [-0.05, 0) is 37.1 Å². The van der Waals surface area contributed by atoms with Crippen LogP contribution in [0.15, 0.2) is 82.8 Å². The summed E-state index contributed by atoms with van der Waals surface area (Å²) in [4.78, 5) is 19.2. The molecule has 0 radical (unpaired) electrons. The number of rotatable bonds is 4. The molecule has 2 atom stereocenters. The van der Waals surface area contributed by atoms with E-state index in [-0.39, 0.29) is 12.1 Å². The number of nitrogens with zero attached hydrogens (tertiary/aromatic N) is 4. The Labute approximate surface area is 176 Å². The van der Waals surface area contributed by atoms with Crippen LogP contribution < -0.4 is 0 Å². The standard InChI is InChI=1S/C26H24N4/c1-3-9-23-19(7-1)13-15-21(29-23)17-27-25-11-5-6-12-26(25)28-18-22-16-14-20-8-2-4-10-24(20)30-22/h1-4,7-10,13-18,25-26H,5-6,11-12H2. The third kappa shape index (κ3) is 4.13. The summed E-state index contributed by atoms with van der Waals surface area (Å²) in [6.45, 7) is 0. The van der Waals surface area contributed by atoms with Crippen LogP contribution in [0.4, 0.5) is 0 Å². The first-order valence-corrected chi connectivity index (χ1v) is 10.6. The van der Waals surface area contributed by atoms with Gasteiger partial charge in [0.1, 0.15) is 0 Å². The van der Waals surface area contributed by atoms with E-state index in [4.69, 9.17) is 20.0 Å². The molecule has 2 unspecified atom stereocenters. The number of fused-ring (bicyclic) bond motifs is 2. The molecule has 1 aliphatic rings. The topological polar surface area (TPSA) is 50.5 Å². The predicted octanol–water partition coefficient (Wildman–Crippen LogP) is 5.63. The fourth-order valence-electron chi connectivity index (χ4n) is 4.09. The first kappa shape index (κ1) is 18.6. The Morgan fingerprint density at radius 2 is 1.07 bits per heavy atom. The molecule has 30 heavy (non-hydrogen) atoms. The van der Waals surface area contributed by atoms with Crippen molar-refractivity contribution in [1.29, 1.82) is 0 Å². The first-order valence-electron chi connectivity index (χ1n) is 10.6. The SMILES string of the molecule is C(=NC1CCCCC1N=Cc1ccc2ccccc2n1)c1ccc2ccccc2n1. The van der Waals surface area contributed by atoms with Crippen molar-refractivity contribution >= 4 is 34.2 Å². The molecule has 0 N–H and O–H groups in total. The highest BCUT2D eigenvalue weighted by Gasteiger charge is 2.23. The minimum absolute atomic E-state index is 0.198. The van der Waals surface area contributed by atoms with Gasteiger partial charge < -0.3 is 0 Å². The van der Waals surface area contributed by atoms with E-state index in [2.05, 4.69) is 24.3 Å². The van der Waals surface area contributed by atoms with Gasteiger partial charge in [-0.25, -0.2) is 9.97 Å². The van der Waals surface area contributed by atoms with E-state index < -0.39 is 0 Å². The number of aliphatic imine (C=N–C) groups is 2. The maximum atomic E-state index is 4.88. The highest BCUT2D eigenvalue weighted by Crippen LogP contribution is 2.24. The summed E-state index contributed by atoms with van der Waals surface area (Å²) in [5, 5.41) is 2.30. The van der Waals surface area contributed by atoms with Crippen LogP contribution in [0.1, 0.15) is 37.1 Å². The molecule has 1 saturated carbocycles. The second kappa shape index (κ2) is 8.54. The lowest BCUT2D eigenvalue weighted by atomic mass is 9.91. The van der Waals surface area contributed by atoms with Crippen LogP contribution in [0, 0.1) is 0 Å². The third-order valence-corrected chi connectivity index (χ3v) is 5.73. The van der Waals surface area contributed by atoms with Crippen molar-refractivity contribution in [3.63, 3.8) is 0 Å². The molecular weight excluding hydrogens is 368 g/mol. The molecule has 2 aromatic heterocycles. The summed E-state index contributed by atoms with van der Waals surface area (Å²) in [6.07, 6.45) is 8.37. The van der Waals surface area contributed by atoms with Crippen molar-refractivity contribution in [3.8, 4) is 0 Å². The molecule has 0 bridgehead atoms. The van der Waals surface area contributed by atoms with Crippen LogP contribution in [0.25, 0.3) is 21.8 Å². The molecule has 4 heteroatoms. The zero-order chi connectivity index (χ0) is 20.2. The van der Waals surface area contributed by atoms with E-state index in [1.165, 1.54) is 12.8 Å². The third-order valence-electron chi connectivity index (χ3n) is 5.73. The molecule has 0 saturated heterocycles. The molecular formula is C26H24N4. The van der Waals surface area contributed by atoms with Crippen LogP contribution in [-0.4, -0.2) is 34.5 Å². The fraction of sp³-hybridized carbons (Fsp3) is 0.231. The van der Waals surface area contributed by atoms with E-state index in [0.29, 0.717) is 0 Å². The monoisotopic (exact) mass is 392 g/mol. The van der Waals surface area contributed by atoms with Crippen molar-refractivity contribution in [2.45, 2.75) is 37.8 Å². The largest absolute Gasteiger partial charge is 0.285 e. The molecule has 2 heterocycles. The summed E-state index contributed by atoms with van der Waals surface area (Å²) >= 11 is 0. The Balaban J connectivity index is 1.34. The smallest absolute Gasteiger partial charge is 0.0815 e. The predicted molar refractivity (Wildman–Crippen MR) is 125 cm³/mol. The van der Waals surface area contributed by atoms with Crippen molar-refractivity contribution in [2.75, 3.05) is 0 Å². The van der Waals surface area contributed by atoms with Crippen LogP contribution in [-0.2, 0) is 0 Å². The van der Waals surface area contributed by atoms with Gasteiger partial charge in [0, 0.05) is 23.2 Å². The minimum atomic E-state index is 0.198. The zero-order valence-electron chi connectivity index (χ0n) is 16.9. The van der Waals surface area contributed by atoms with Crippen molar-refractivity contribution in [3.05, 3.63) is 84.2 Å². The van der Waals surface area contributed by atoms with Crippen LogP contribution >= 0.6 is 0 Å². The van der Waals surface area contributed by atoms with Gasteiger partial charge >= 0.3 is 0 Å². The molecule has 1 aliphatic carbocycles. The highest BCUT2D eigenvalue weighted by atomic mass is 14.9. The Bertz CT molecular complexity index is 1130. The number of pyridine rings is 2. The Morgan fingerprint density at radius 1 is 0.600 bits per heavy atom. The second-order valence-corrected chi connectivity index (χ2v) is 7.83. The lowest BCUT2D eigenvalue weighted by molar-refractivity contribution is 0.390. The fourth-order valence-corrected chi connectivity index (χ4v) is 4.09. The maximum absolute atomic E-state index is 4.88. The van der Waals surface area contributed by atoms with Gasteiger partial charge in [-0.3, -0.25) is 9.98 Å². The molecule has 2 aromatic carbocycles. The molecule has 148 valence electrons. The Kier molecular flexibility index (Phi) is 5.30. The average molecular weight is 393 g/mol. The zero-order valence-corrected chi connectivity index (χ0v) is 16.9. The Hall–Kier alpha value is -3.40. The number of benzene rings is 2. The molecule has 0 amide bonds. The van der Waals surface area contributed by atoms with Gasteiger partial charge in [-0.1, -0.05) is 61.4 Å². The molecule has 4 nitrogen and oxygen atoms in total. The summed E-state index contributed by atoms with van der Waals surface area (Å²) < 4.78 is 0. The minimum Gasteiger partial charge on any atom is -0.285 e. The number of para-hydroxylation sites is 2. The lowest BCUT2D eigenvalue weighted by Gasteiger charge is -2.25.